The van der Waals surface area contributed by atoms with Crippen molar-refractivity contribution in [3.63, 3.8) is 0 Å². The Bertz CT molecular complexity index is 291. The summed E-state index contributed by atoms with van der Waals surface area (Å²) in [5, 5.41) is 2.74. The van der Waals surface area contributed by atoms with Crippen LogP contribution in [0, 0.1) is 0 Å². The summed E-state index contributed by atoms with van der Waals surface area (Å²) in [6, 6.07) is 0. The van der Waals surface area contributed by atoms with Gasteiger partial charge in [0.25, 0.3) is 0 Å². The maximum atomic E-state index is 11.9. The summed E-state index contributed by atoms with van der Waals surface area (Å²) in [5.41, 5.74) is -0.806. The van der Waals surface area contributed by atoms with E-state index in [1.54, 1.807) is 25.9 Å². The van der Waals surface area contributed by atoms with Gasteiger partial charge in [-0.2, -0.15) is 0 Å². The van der Waals surface area contributed by atoms with Crippen molar-refractivity contribution in [2.24, 2.45) is 0 Å². The Kier molecular flexibility index (Phi) is 4.89. The smallest absolute Gasteiger partial charge is 0.249 e. The zero-order valence-electron chi connectivity index (χ0n) is 10.6. The fraction of sp³-hybridized carbons (Fsp3) is 0.818. The van der Waals surface area contributed by atoms with E-state index in [0.29, 0.717) is 26.3 Å². The number of ether oxygens (including phenoxy) is 2. The minimum absolute atomic E-state index is 0.0138. The second kappa shape index (κ2) is 5.97. The van der Waals surface area contributed by atoms with E-state index >= 15 is 0 Å². The first kappa shape index (κ1) is 13.9. The molecule has 0 atom stereocenters. The number of nitrogens with zero attached hydrogens (tertiary/aromatic N) is 1. The quantitative estimate of drug-likeness (QED) is 0.655. The lowest BCUT2D eigenvalue weighted by Gasteiger charge is -2.41. The van der Waals surface area contributed by atoms with E-state index in [4.69, 9.17) is 9.47 Å². The molecule has 6 nitrogen and oxygen atoms in total. The highest BCUT2D eigenvalue weighted by atomic mass is 16.5. The van der Waals surface area contributed by atoms with E-state index in [9.17, 15) is 9.59 Å². The molecule has 0 aromatic carbocycles. The third-order valence-electron chi connectivity index (χ3n) is 2.81. The van der Waals surface area contributed by atoms with Gasteiger partial charge in [0.1, 0.15) is 12.1 Å². The lowest BCUT2D eigenvalue weighted by Crippen LogP contribution is -2.64. The molecular weight excluding hydrogens is 224 g/mol. The van der Waals surface area contributed by atoms with Gasteiger partial charge in [-0.1, -0.05) is 0 Å². The van der Waals surface area contributed by atoms with Crippen molar-refractivity contribution in [3.05, 3.63) is 0 Å². The van der Waals surface area contributed by atoms with Crippen molar-refractivity contribution in [1.29, 1.82) is 0 Å². The molecule has 0 aliphatic carbocycles. The highest BCUT2D eigenvalue weighted by Gasteiger charge is 2.40. The second-order valence-corrected chi connectivity index (χ2v) is 4.41. The largest absolute Gasteiger partial charge is 0.382 e. The van der Waals surface area contributed by atoms with Gasteiger partial charge in [0.05, 0.1) is 13.2 Å². The van der Waals surface area contributed by atoms with Crippen LogP contribution in [0.4, 0.5) is 0 Å². The lowest BCUT2D eigenvalue weighted by molar-refractivity contribution is -0.152. The molecule has 0 aromatic heterocycles. The van der Waals surface area contributed by atoms with Crippen LogP contribution in [0.2, 0.25) is 0 Å². The summed E-state index contributed by atoms with van der Waals surface area (Å²) in [7, 11) is 1.57. The van der Waals surface area contributed by atoms with Crippen LogP contribution < -0.4 is 5.32 Å². The van der Waals surface area contributed by atoms with Gasteiger partial charge in [-0.3, -0.25) is 9.59 Å². The third kappa shape index (κ3) is 3.41. The van der Waals surface area contributed by atoms with E-state index in [2.05, 4.69) is 5.32 Å². The van der Waals surface area contributed by atoms with Gasteiger partial charge in [0.2, 0.25) is 11.8 Å². The minimum atomic E-state index is -0.806. The van der Waals surface area contributed by atoms with Crippen LogP contribution in [0.25, 0.3) is 0 Å². The topological polar surface area (TPSA) is 67.9 Å². The fourth-order valence-corrected chi connectivity index (χ4v) is 1.72. The summed E-state index contributed by atoms with van der Waals surface area (Å²) in [6.07, 6.45) is 0. The molecule has 2 amide bonds. The van der Waals surface area contributed by atoms with Gasteiger partial charge in [-0.15, -0.1) is 0 Å². The molecule has 0 radical (unpaired) electrons. The van der Waals surface area contributed by atoms with E-state index in [-0.39, 0.29) is 18.4 Å². The first-order valence-electron chi connectivity index (χ1n) is 5.65. The summed E-state index contributed by atoms with van der Waals surface area (Å²) < 4.78 is 9.98. The average molecular weight is 244 g/mol. The zero-order chi connectivity index (χ0) is 12.9. The van der Waals surface area contributed by atoms with Gasteiger partial charge in [-0.25, -0.2) is 0 Å². The Balaban J connectivity index is 2.47. The summed E-state index contributed by atoms with van der Waals surface area (Å²) in [6.45, 7) is 5.29. The number of rotatable bonds is 5. The van der Waals surface area contributed by atoms with Crippen LogP contribution in [0.5, 0.6) is 0 Å². The Hall–Kier alpha value is -1.14. The van der Waals surface area contributed by atoms with Crippen LogP contribution in [0.15, 0.2) is 0 Å². The van der Waals surface area contributed by atoms with Gasteiger partial charge >= 0.3 is 0 Å². The molecule has 17 heavy (non-hydrogen) atoms. The minimum Gasteiger partial charge on any atom is -0.382 e. The normalized spacial score (nSPS) is 19.0. The molecule has 0 aromatic rings. The molecule has 0 bridgehead atoms. The van der Waals surface area contributed by atoms with E-state index in [0.717, 1.165) is 0 Å². The molecule has 0 spiro atoms. The van der Waals surface area contributed by atoms with Crippen LogP contribution >= 0.6 is 0 Å². The van der Waals surface area contributed by atoms with Gasteiger partial charge in [-0.05, 0) is 13.8 Å². The van der Waals surface area contributed by atoms with E-state index in [1.807, 2.05) is 0 Å². The second-order valence-electron chi connectivity index (χ2n) is 4.41. The van der Waals surface area contributed by atoms with Crippen molar-refractivity contribution in [2.45, 2.75) is 19.4 Å². The average Bonchev–Trinajstić information content (AvgIpc) is 2.28. The number of hydrogen-bond donors (Lipinski definition) is 1. The predicted octanol–water partition coefficient (Wildman–Crippen LogP) is -0.614. The van der Waals surface area contributed by atoms with Gasteiger partial charge in [0, 0.05) is 20.2 Å². The number of hydrogen-bond acceptors (Lipinski definition) is 4. The Labute approximate surface area is 101 Å². The van der Waals surface area contributed by atoms with Crippen molar-refractivity contribution in [2.75, 3.05) is 40.0 Å². The Morgan fingerprint density at radius 3 is 2.82 bits per heavy atom. The SMILES string of the molecule is COCCOCC(=O)N1CCNC(=O)C1(C)C. The van der Waals surface area contributed by atoms with Crippen LogP contribution in [0.3, 0.4) is 0 Å². The summed E-state index contributed by atoms with van der Waals surface area (Å²) in [4.78, 5) is 25.1. The first-order valence-corrected chi connectivity index (χ1v) is 5.65. The number of nitrogens with one attached hydrogen (secondary N) is 1. The molecule has 1 N–H and O–H groups in total. The molecule has 6 heteroatoms. The van der Waals surface area contributed by atoms with E-state index in [1.165, 1.54) is 0 Å². The van der Waals surface area contributed by atoms with Crippen molar-refractivity contribution in [1.82, 2.24) is 10.2 Å². The maximum Gasteiger partial charge on any atom is 0.249 e. The number of amides is 2. The maximum absolute atomic E-state index is 11.9. The Morgan fingerprint density at radius 1 is 1.47 bits per heavy atom. The number of piperazine rings is 1. The predicted molar refractivity (Wildman–Crippen MR) is 61.5 cm³/mol. The molecule has 0 unspecified atom stereocenters. The van der Waals surface area contributed by atoms with Crippen LogP contribution in [-0.4, -0.2) is 62.3 Å². The molecule has 0 saturated carbocycles. The standard InChI is InChI=1S/C11H20N2O4/c1-11(2)10(15)12-4-5-13(11)9(14)8-17-7-6-16-3/h4-8H2,1-3H3,(H,12,15). The number of carbonyl (C=O) groups excluding carboxylic acids is 2. The molecular formula is C11H20N2O4. The molecule has 98 valence electrons. The van der Waals surface area contributed by atoms with Gasteiger partial charge < -0.3 is 19.7 Å². The molecule has 1 rings (SSSR count). The molecule has 1 fully saturated rings. The van der Waals surface area contributed by atoms with Crippen molar-refractivity contribution >= 4 is 11.8 Å². The molecule has 1 saturated heterocycles. The molecule has 1 aliphatic rings. The fourth-order valence-electron chi connectivity index (χ4n) is 1.72. The molecule has 1 aliphatic heterocycles. The van der Waals surface area contributed by atoms with E-state index < -0.39 is 5.54 Å². The summed E-state index contributed by atoms with van der Waals surface area (Å²) in [5.74, 6) is -0.296. The monoisotopic (exact) mass is 244 g/mol. The number of methoxy groups -OCH3 is 1. The van der Waals surface area contributed by atoms with Gasteiger partial charge in [0.15, 0.2) is 0 Å². The first-order chi connectivity index (χ1) is 8.00. The third-order valence-corrected chi connectivity index (χ3v) is 2.81. The highest BCUT2D eigenvalue weighted by Crippen LogP contribution is 2.17. The zero-order valence-corrected chi connectivity index (χ0v) is 10.6. The van der Waals surface area contributed by atoms with Crippen molar-refractivity contribution < 1.29 is 19.1 Å². The van der Waals surface area contributed by atoms with Crippen LogP contribution in [0.1, 0.15) is 13.8 Å². The van der Waals surface area contributed by atoms with Crippen molar-refractivity contribution in [3.8, 4) is 0 Å². The summed E-state index contributed by atoms with van der Waals surface area (Å²) >= 11 is 0. The van der Waals surface area contributed by atoms with Crippen LogP contribution in [-0.2, 0) is 19.1 Å². The number of carbonyl (C=O) groups is 2. The molecule has 1 heterocycles. The highest BCUT2D eigenvalue weighted by molar-refractivity contribution is 5.92. The Morgan fingerprint density at radius 2 is 2.18 bits per heavy atom. The lowest BCUT2D eigenvalue weighted by atomic mass is 9.99.